The molecule has 658 valence electrons. The van der Waals surface area contributed by atoms with E-state index in [1.165, 1.54) is 39.0 Å². The van der Waals surface area contributed by atoms with Crippen molar-refractivity contribution in [1.29, 1.82) is 0 Å². The summed E-state index contributed by atoms with van der Waals surface area (Å²) in [4.78, 5) is 234. The molecule has 43 nitrogen and oxygen atoms in total. The van der Waals surface area contributed by atoms with Gasteiger partial charge in [-0.2, -0.15) is 11.8 Å². The quantitative estimate of drug-likeness (QED) is 0.0166. The van der Waals surface area contributed by atoms with Gasteiger partial charge in [-0.3, -0.25) is 82.1 Å². The lowest BCUT2D eigenvalue weighted by atomic mass is 10.0. The van der Waals surface area contributed by atoms with E-state index < -0.39 is 186 Å². The Morgan fingerprint density at radius 3 is 1.38 bits per heavy atom. The number of aromatic amines is 1. The number of aliphatic hydroxyl groups excluding tert-OH is 2. The first-order valence-electron chi connectivity index (χ1n) is 40.0. The molecule has 0 aliphatic carbocycles. The van der Waals surface area contributed by atoms with Crippen molar-refractivity contribution in [3.63, 3.8) is 0 Å². The molecule has 4 fully saturated rings. The molecule has 5 heterocycles. The summed E-state index contributed by atoms with van der Waals surface area (Å²) in [5.74, 6) is -13.9. The first kappa shape index (κ1) is 96.4. The number of hydrogen-bond acceptors (Lipinski definition) is 22. The van der Waals surface area contributed by atoms with E-state index in [0.29, 0.717) is 24.1 Å². The molecule has 4 aliphatic heterocycles. The van der Waals surface area contributed by atoms with Gasteiger partial charge < -0.3 is 128 Å². The Morgan fingerprint density at radius 2 is 0.924 bits per heavy atom. The van der Waals surface area contributed by atoms with Crippen molar-refractivity contribution in [2.45, 2.75) is 228 Å². The van der Waals surface area contributed by atoms with Gasteiger partial charge in [-0.05, 0) is 126 Å². The topological polar surface area (TPSA) is 681 Å². The summed E-state index contributed by atoms with van der Waals surface area (Å²) >= 11 is 1.32. The van der Waals surface area contributed by atoms with Gasteiger partial charge >= 0.3 is 5.97 Å². The number of benzene rings is 1. The summed E-state index contributed by atoms with van der Waals surface area (Å²) in [6.45, 7) is 4.99. The monoisotopic (exact) mass is 1690 g/mol. The number of thioether (sulfide) groups is 1. The Labute approximate surface area is 693 Å². The van der Waals surface area contributed by atoms with Gasteiger partial charge in [-0.1, -0.05) is 58.0 Å². The minimum atomic E-state index is -1.82. The van der Waals surface area contributed by atoms with E-state index in [1.807, 2.05) is 0 Å². The molecular formula is C75H119N25O18S. The molecule has 4 aliphatic rings. The molecule has 44 heteroatoms. The van der Waals surface area contributed by atoms with Crippen molar-refractivity contribution in [3.05, 3.63) is 54.1 Å². The van der Waals surface area contributed by atoms with Crippen LogP contribution >= 0.6 is 11.8 Å². The second-order valence-electron chi connectivity index (χ2n) is 30.4. The fraction of sp³-hybridized carbons (Fsp3) is 0.640. The summed E-state index contributed by atoms with van der Waals surface area (Å²) < 4.78 is 0. The largest absolute Gasteiger partial charge is 0.480 e. The van der Waals surface area contributed by atoms with Gasteiger partial charge in [0.25, 0.3) is 0 Å². The van der Waals surface area contributed by atoms with Crippen molar-refractivity contribution in [2.24, 2.45) is 61.2 Å². The fourth-order valence-corrected chi connectivity index (χ4v) is 14.7. The molecule has 0 saturated carbocycles. The fourth-order valence-electron chi connectivity index (χ4n) is 14.3. The third-order valence-corrected chi connectivity index (χ3v) is 21.1. The van der Waals surface area contributed by atoms with Crippen LogP contribution in [0.4, 0.5) is 0 Å². The lowest BCUT2D eigenvalue weighted by Crippen LogP contribution is -2.62. The predicted octanol–water partition coefficient (Wildman–Crippen LogP) is -7.02. The maximum Gasteiger partial charge on any atom is 0.326 e. The number of aliphatic imine (C=N–C) groups is 3. The van der Waals surface area contributed by atoms with Crippen molar-refractivity contribution in [1.82, 2.24) is 83.2 Å². The molecule has 1 aromatic carbocycles. The second-order valence-corrected chi connectivity index (χ2v) is 31.4. The number of carbonyl (C=O) groups is 15. The number of rotatable bonds is 48. The van der Waals surface area contributed by atoms with Crippen LogP contribution in [-0.4, -0.2) is 296 Å². The van der Waals surface area contributed by atoms with Gasteiger partial charge in [0.1, 0.15) is 84.6 Å². The number of nitrogens with one attached hydrogen (secondary N) is 12. The van der Waals surface area contributed by atoms with Gasteiger partial charge in [-0.25, -0.2) is 9.78 Å². The molecule has 0 radical (unpaired) electrons. The van der Waals surface area contributed by atoms with E-state index in [2.05, 4.69) is 83.4 Å². The Hall–Kier alpha value is -11.4. The highest BCUT2D eigenvalue weighted by Crippen LogP contribution is 2.26. The minimum absolute atomic E-state index is 0.00749. The number of carboxylic acids is 1. The number of H-pyrrole nitrogens is 1. The minimum Gasteiger partial charge on any atom is -0.480 e. The Bertz CT molecular complexity index is 3900. The maximum absolute atomic E-state index is 14.8. The summed E-state index contributed by atoms with van der Waals surface area (Å²) in [7, 11) is 0. The molecule has 1 unspecified atom stereocenters. The maximum atomic E-state index is 14.8. The van der Waals surface area contributed by atoms with E-state index in [1.54, 1.807) is 64.3 Å². The number of nitrogens with zero attached hydrogens (tertiary/aromatic N) is 7. The first-order valence-corrected chi connectivity index (χ1v) is 41.4. The molecule has 1 aromatic heterocycles. The van der Waals surface area contributed by atoms with E-state index >= 15 is 0 Å². The molecule has 14 amide bonds. The summed E-state index contributed by atoms with van der Waals surface area (Å²) in [5, 5.41) is 60.2. The van der Waals surface area contributed by atoms with E-state index in [0.717, 1.165) is 0 Å². The van der Waals surface area contributed by atoms with Crippen LogP contribution in [0.1, 0.15) is 142 Å². The smallest absolute Gasteiger partial charge is 0.326 e. The van der Waals surface area contributed by atoms with Crippen LogP contribution in [0.2, 0.25) is 0 Å². The second kappa shape index (κ2) is 48.4. The lowest BCUT2D eigenvalue weighted by Gasteiger charge is -2.33. The standard InChI is InChI=1S/C75H119N25O18S/c1-40(2)33-49(93-67(112)54-20-12-29-98(54)69(114)48(25-32-119-5)91-66(111)53(38-102)95-60(105)45(18-10-27-84-74(78)79)88-59(104)44(17-9-26-83-73(76)77)89-61(106)47-23-24-57(103)87-47)63(108)92-50(35-43-36-82-39-86-43)64(109)96-52(37-101)65(110)90-46(19-11-28-85-75(80)81)62(107)97-58(41(3)4)71(116)99-30-13-21-55(99)68(113)94-51(34-42-15-7-6-8-16-42)70(115)100-31-14-22-56(100)72(117)118/h6-8,15-16,36,39-41,44-56,58,101-102H,9-14,17-35,37-38H2,1-5H3,(H,82,86)(H,87,103)(H,88,104)(H,89,106)(H,90,110)(H,91,111)(H,92,108)(H,93,112)(H,94,113)(H,95,105)(H,96,109)(H,97,107)(H,117,118)(H4,76,77,83)(H4,78,79,84)(H4,80,81,85)/t44-,45-,46-,47?,48-,49-,50-,51-,52-,53-,54-,55-,56-,58-/m0/s1. The van der Waals surface area contributed by atoms with Crippen LogP contribution in [-0.2, 0) is 84.8 Å². The molecule has 27 N–H and O–H groups in total. The number of imidazole rings is 1. The third-order valence-electron chi connectivity index (χ3n) is 20.5. The Kier molecular flexibility index (Phi) is 39.2. The first-order chi connectivity index (χ1) is 56.6. The highest BCUT2D eigenvalue weighted by Gasteiger charge is 2.45. The number of aliphatic hydroxyl groups is 2. The van der Waals surface area contributed by atoms with Gasteiger partial charge in [0, 0.05) is 70.4 Å². The zero-order chi connectivity index (χ0) is 87.6. The number of amides is 14. The molecule has 0 spiro atoms. The molecule has 6 rings (SSSR count). The highest BCUT2D eigenvalue weighted by atomic mass is 32.2. The Balaban J connectivity index is 1.15. The normalized spacial score (nSPS) is 18.8. The van der Waals surface area contributed by atoms with Crippen LogP contribution in [0.25, 0.3) is 0 Å². The third kappa shape index (κ3) is 30.5. The molecular weight excluding hydrogens is 1570 g/mol. The number of nitrogens with two attached hydrogens (primary N) is 6. The predicted molar refractivity (Wildman–Crippen MR) is 436 cm³/mol. The summed E-state index contributed by atoms with van der Waals surface area (Å²) in [6, 6.07) is -10.3. The van der Waals surface area contributed by atoms with Crippen LogP contribution in [0.5, 0.6) is 0 Å². The number of likely N-dealkylation sites (tertiary alicyclic amines) is 3. The molecule has 0 bridgehead atoms. The van der Waals surface area contributed by atoms with E-state index in [-0.39, 0.29) is 177 Å². The Morgan fingerprint density at radius 1 is 0.504 bits per heavy atom. The number of hydrogen-bond donors (Lipinski definition) is 21. The van der Waals surface area contributed by atoms with Crippen molar-refractivity contribution >= 4 is 118 Å². The zero-order valence-electron chi connectivity index (χ0n) is 67.8. The van der Waals surface area contributed by atoms with E-state index in [4.69, 9.17) is 34.4 Å². The van der Waals surface area contributed by atoms with Gasteiger partial charge in [0.05, 0.1) is 19.5 Å². The molecule has 119 heavy (non-hydrogen) atoms. The number of aliphatic carboxylic acids is 1. The average molecular weight is 1690 g/mol. The van der Waals surface area contributed by atoms with Crippen LogP contribution < -0.4 is 92.9 Å². The SMILES string of the molecule is CSCC[C@H](NC(=O)[C@H](CO)NC(=O)[C@H](CCCN=C(N)N)NC(=O)[C@H](CCCN=C(N)N)NC(=O)C1CCC(=O)N1)C(=O)N1CCC[C@H]1C(=O)N[C@@H](CC(C)C)C(=O)N[C@@H](Cc1cnc[nH]1)C(=O)N[C@@H](CO)C(=O)N[C@@H](CCCN=C(N)N)C(=O)N[C@H](C(=O)N1CCC[C@H]1C(=O)N[C@@H](Cc1ccccc1)C(=O)N1CCC[C@H]1C(=O)O)C(C)C. The zero-order valence-corrected chi connectivity index (χ0v) is 68.7. The number of guanidine groups is 3. The van der Waals surface area contributed by atoms with Gasteiger partial charge in [-0.15, -0.1) is 0 Å². The summed E-state index contributed by atoms with van der Waals surface area (Å²) in [6.07, 6.45) is 5.87. The van der Waals surface area contributed by atoms with Crippen LogP contribution in [0, 0.1) is 11.8 Å². The van der Waals surface area contributed by atoms with Gasteiger partial charge in [0.2, 0.25) is 82.7 Å². The van der Waals surface area contributed by atoms with Crippen molar-refractivity contribution in [3.8, 4) is 0 Å². The van der Waals surface area contributed by atoms with Crippen molar-refractivity contribution in [2.75, 3.05) is 64.5 Å². The number of carbonyl (C=O) groups excluding carboxylic acids is 14. The number of aromatic nitrogens is 2. The number of carboxylic acid groups (broad SMARTS) is 1. The van der Waals surface area contributed by atoms with E-state index in [9.17, 15) is 87.2 Å². The van der Waals surface area contributed by atoms with Crippen molar-refractivity contribution < 1.29 is 87.2 Å². The molecule has 2 aromatic rings. The molecule has 14 atom stereocenters. The lowest BCUT2D eigenvalue weighted by molar-refractivity contribution is -0.150. The molecule has 4 saturated heterocycles. The highest BCUT2D eigenvalue weighted by molar-refractivity contribution is 7.98. The van der Waals surface area contributed by atoms with Crippen LogP contribution in [0.15, 0.2) is 57.8 Å². The average Bonchev–Trinajstić information content (AvgIpc) is 1.74. The summed E-state index contributed by atoms with van der Waals surface area (Å²) in [5.41, 5.74) is 34.2. The van der Waals surface area contributed by atoms with Crippen LogP contribution in [0.3, 0.4) is 0 Å². The van der Waals surface area contributed by atoms with Gasteiger partial charge in [0.15, 0.2) is 17.9 Å².